The van der Waals surface area contributed by atoms with Crippen molar-refractivity contribution in [1.29, 1.82) is 5.26 Å². The summed E-state index contributed by atoms with van der Waals surface area (Å²) in [6.07, 6.45) is 2.38. The third kappa shape index (κ3) is 3.61. The van der Waals surface area contributed by atoms with Crippen LogP contribution in [0.1, 0.15) is 47.9 Å². The second-order valence-electron chi connectivity index (χ2n) is 6.84. The Balaban J connectivity index is 2.16. The highest BCUT2D eigenvalue weighted by atomic mass is 16.5. The number of amides is 1. The number of carbonyl (C=O) groups is 1. The van der Waals surface area contributed by atoms with Gasteiger partial charge in [-0.3, -0.25) is 10.0 Å². The van der Waals surface area contributed by atoms with Crippen LogP contribution in [0.25, 0.3) is 0 Å². The summed E-state index contributed by atoms with van der Waals surface area (Å²) in [5.41, 5.74) is 2.99. The highest BCUT2D eigenvalue weighted by Gasteiger charge is 2.43. The molecule has 0 bridgehead atoms. The van der Waals surface area contributed by atoms with Crippen molar-refractivity contribution >= 4 is 5.91 Å². The van der Waals surface area contributed by atoms with E-state index in [0.29, 0.717) is 30.7 Å². The Labute approximate surface area is 143 Å². The van der Waals surface area contributed by atoms with Crippen LogP contribution in [0.3, 0.4) is 0 Å². The summed E-state index contributed by atoms with van der Waals surface area (Å²) in [4.78, 5) is 12.6. The largest absolute Gasteiger partial charge is 0.381 e. The lowest BCUT2D eigenvalue weighted by Crippen LogP contribution is -2.52. The van der Waals surface area contributed by atoms with E-state index in [1.165, 1.54) is 0 Å². The number of benzene rings is 1. The van der Waals surface area contributed by atoms with Gasteiger partial charge in [0, 0.05) is 7.11 Å². The Bertz CT molecular complexity index is 632. The van der Waals surface area contributed by atoms with Gasteiger partial charge in [0.15, 0.2) is 5.54 Å². The maximum Gasteiger partial charge on any atom is 0.251 e. The van der Waals surface area contributed by atoms with Crippen molar-refractivity contribution in [3.63, 3.8) is 0 Å². The standard InChI is InChI=1S/C19H26N2O3/c1-13-9-14(2)17(15(3)10-13)11-18(22)21(23)19(12-20)7-5-16(24-4)6-8-19/h9-10,16,23H,5-8,11H2,1-4H3. The van der Waals surface area contributed by atoms with Crippen LogP contribution in [0.2, 0.25) is 0 Å². The van der Waals surface area contributed by atoms with E-state index in [0.717, 1.165) is 22.3 Å². The van der Waals surface area contributed by atoms with Gasteiger partial charge in [-0.25, -0.2) is 5.06 Å². The fourth-order valence-electron chi connectivity index (χ4n) is 3.63. The number of aryl methyl sites for hydroxylation is 3. The van der Waals surface area contributed by atoms with Crippen LogP contribution in [0.15, 0.2) is 12.1 Å². The molecule has 24 heavy (non-hydrogen) atoms. The second-order valence-corrected chi connectivity index (χ2v) is 6.84. The van der Waals surface area contributed by atoms with Crippen LogP contribution in [0, 0.1) is 32.1 Å². The van der Waals surface area contributed by atoms with E-state index in [9.17, 15) is 15.3 Å². The Kier molecular flexibility index (Phi) is 5.63. The van der Waals surface area contributed by atoms with E-state index >= 15 is 0 Å². The monoisotopic (exact) mass is 330 g/mol. The second kappa shape index (κ2) is 7.33. The summed E-state index contributed by atoms with van der Waals surface area (Å²) in [5.74, 6) is -0.428. The minimum absolute atomic E-state index is 0.0940. The highest BCUT2D eigenvalue weighted by Crippen LogP contribution is 2.34. The van der Waals surface area contributed by atoms with Crippen molar-refractivity contribution in [2.45, 2.75) is 64.5 Å². The Morgan fingerprint density at radius 3 is 2.33 bits per heavy atom. The maximum absolute atomic E-state index is 12.6. The zero-order valence-corrected chi connectivity index (χ0v) is 14.9. The number of hydrogen-bond acceptors (Lipinski definition) is 4. The van der Waals surface area contributed by atoms with Gasteiger partial charge in [-0.15, -0.1) is 0 Å². The first-order valence-electron chi connectivity index (χ1n) is 8.35. The van der Waals surface area contributed by atoms with E-state index in [-0.39, 0.29) is 12.5 Å². The van der Waals surface area contributed by atoms with Gasteiger partial charge in [0.2, 0.25) is 0 Å². The molecule has 0 radical (unpaired) electrons. The molecule has 1 amide bonds. The van der Waals surface area contributed by atoms with Crippen molar-refractivity contribution in [3.8, 4) is 6.07 Å². The van der Waals surface area contributed by atoms with E-state index in [1.807, 2.05) is 32.9 Å². The number of rotatable bonds is 4. The van der Waals surface area contributed by atoms with Gasteiger partial charge in [0.25, 0.3) is 5.91 Å². The summed E-state index contributed by atoms with van der Waals surface area (Å²) in [7, 11) is 1.65. The summed E-state index contributed by atoms with van der Waals surface area (Å²) < 4.78 is 5.31. The van der Waals surface area contributed by atoms with Crippen LogP contribution >= 0.6 is 0 Å². The molecule has 0 unspecified atom stereocenters. The maximum atomic E-state index is 12.6. The van der Waals surface area contributed by atoms with Crippen LogP contribution in [0.5, 0.6) is 0 Å². The van der Waals surface area contributed by atoms with E-state index in [2.05, 4.69) is 6.07 Å². The molecule has 0 atom stereocenters. The van der Waals surface area contributed by atoms with Gasteiger partial charge in [0.1, 0.15) is 0 Å². The van der Waals surface area contributed by atoms with Crippen LogP contribution < -0.4 is 0 Å². The molecule has 0 heterocycles. The molecule has 1 aliphatic carbocycles. The molecule has 0 saturated heterocycles. The fraction of sp³-hybridized carbons (Fsp3) is 0.579. The number of hydrogen-bond donors (Lipinski definition) is 1. The molecule has 1 saturated carbocycles. The number of nitrogens with zero attached hydrogens (tertiary/aromatic N) is 2. The predicted molar refractivity (Wildman–Crippen MR) is 90.6 cm³/mol. The number of nitriles is 1. The molecular formula is C19H26N2O3. The zero-order chi connectivity index (χ0) is 17.9. The highest BCUT2D eigenvalue weighted by molar-refractivity contribution is 5.79. The minimum Gasteiger partial charge on any atom is -0.381 e. The summed E-state index contributed by atoms with van der Waals surface area (Å²) in [5, 5.41) is 20.7. The number of hydroxylamine groups is 2. The number of ether oxygens (including phenoxy) is 1. The van der Waals surface area contributed by atoms with Crippen molar-refractivity contribution in [1.82, 2.24) is 5.06 Å². The molecule has 1 fully saturated rings. The lowest BCUT2D eigenvalue weighted by atomic mass is 9.80. The first kappa shape index (κ1) is 18.4. The van der Waals surface area contributed by atoms with Crippen molar-refractivity contribution < 1.29 is 14.7 Å². The molecule has 5 heteroatoms. The molecule has 1 aliphatic rings. The third-order valence-corrected chi connectivity index (χ3v) is 5.11. The number of methoxy groups -OCH3 is 1. The molecule has 0 aliphatic heterocycles. The molecule has 1 aromatic rings. The van der Waals surface area contributed by atoms with Gasteiger partial charge in [-0.1, -0.05) is 17.7 Å². The van der Waals surface area contributed by atoms with Crippen molar-refractivity contribution in [2.75, 3.05) is 7.11 Å². The first-order chi connectivity index (χ1) is 11.3. The topological polar surface area (TPSA) is 73.6 Å². The molecule has 5 nitrogen and oxygen atoms in total. The third-order valence-electron chi connectivity index (χ3n) is 5.11. The van der Waals surface area contributed by atoms with Crippen molar-refractivity contribution in [2.24, 2.45) is 0 Å². The van der Waals surface area contributed by atoms with Crippen molar-refractivity contribution in [3.05, 3.63) is 34.4 Å². The van der Waals surface area contributed by atoms with Crippen LogP contribution in [-0.4, -0.2) is 34.9 Å². The quantitative estimate of drug-likeness (QED) is 0.679. The van der Waals surface area contributed by atoms with Gasteiger partial charge in [-0.05, 0) is 63.1 Å². The lowest BCUT2D eigenvalue weighted by molar-refractivity contribution is -0.192. The molecule has 0 aromatic heterocycles. The average molecular weight is 330 g/mol. The lowest BCUT2D eigenvalue weighted by Gasteiger charge is -2.39. The smallest absolute Gasteiger partial charge is 0.251 e. The van der Waals surface area contributed by atoms with Gasteiger partial charge in [0.05, 0.1) is 18.6 Å². The molecule has 0 spiro atoms. The minimum atomic E-state index is -1.14. The summed E-state index contributed by atoms with van der Waals surface area (Å²) in [6.45, 7) is 5.95. The average Bonchev–Trinajstić information content (AvgIpc) is 2.57. The fourth-order valence-corrected chi connectivity index (χ4v) is 3.63. The van der Waals surface area contributed by atoms with Crippen LogP contribution in [0.4, 0.5) is 0 Å². The van der Waals surface area contributed by atoms with Crippen LogP contribution in [-0.2, 0) is 16.0 Å². The Hall–Kier alpha value is -1.90. The van der Waals surface area contributed by atoms with E-state index < -0.39 is 11.4 Å². The van der Waals surface area contributed by atoms with Gasteiger partial charge in [-0.2, -0.15) is 5.26 Å². The Morgan fingerprint density at radius 2 is 1.88 bits per heavy atom. The van der Waals surface area contributed by atoms with E-state index in [1.54, 1.807) is 7.11 Å². The first-order valence-corrected chi connectivity index (χ1v) is 8.35. The summed E-state index contributed by atoms with van der Waals surface area (Å²) in [6, 6.07) is 6.22. The Morgan fingerprint density at radius 1 is 1.33 bits per heavy atom. The molecule has 1 N–H and O–H groups in total. The zero-order valence-electron chi connectivity index (χ0n) is 14.9. The normalized spacial score (nSPS) is 23.6. The van der Waals surface area contributed by atoms with Gasteiger partial charge >= 0.3 is 0 Å². The SMILES string of the molecule is COC1CCC(C#N)(N(O)C(=O)Cc2c(C)cc(C)cc2C)CC1. The molecule has 130 valence electrons. The number of carbonyl (C=O) groups excluding carboxylic acids is 1. The van der Waals surface area contributed by atoms with Gasteiger partial charge < -0.3 is 4.74 Å². The molecular weight excluding hydrogens is 304 g/mol. The summed E-state index contributed by atoms with van der Waals surface area (Å²) >= 11 is 0. The molecule has 2 rings (SSSR count). The molecule has 1 aromatic carbocycles. The predicted octanol–water partition coefficient (Wildman–Crippen LogP) is 3.22. The van der Waals surface area contributed by atoms with E-state index in [4.69, 9.17) is 4.74 Å².